The highest BCUT2D eigenvalue weighted by Crippen LogP contribution is 2.33. The minimum absolute atomic E-state index is 0.0622. The molecule has 19 heavy (non-hydrogen) atoms. The molecular formula is C14H22O5. The van der Waals surface area contributed by atoms with Crippen molar-refractivity contribution in [3.63, 3.8) is 0 Å². The van der Waals surface area contributed by atoms with Gasteiger partial charge in [-0.2, -0.15) is 0 Å². The van der Waals surface area contributed by atoms with Gasteiger partial charge in [-0.15, -0.1) is 0 Å². The number of rotatable bonds is 9. The molecular weight excluding hydrogens is 248 g/mol. The maximum atomic E-state index is 11.8. The maximum Gasteiger partial charge on any atom is 0.378 e. The fourth-order valence-electron chi connectivity index (χ4n) is 1.85. The first-order valence-electron chi connectivity index (χ1n) is 7.10. The predicted molar refractivity (Wildman–Crippen MR) is 68.4 cm³/mol. The molecule has 0 amide bonds. The summed E-state index contributed by atoms with van der Waals surface area (Å²) in [4.78, 5) is 11.8. The van der Waals surface area contributed by atoms with E-state index >= 15 is 0 Å². The van der Waals surface area contributed by atoms with Gasteiger partial charge in [0.2, 0.25) is 5.76 Å². The Morgan fingerprint density at radius 2 is 1.79 bits per heavy atom. The van der Waals surface area contributed by atoms with E-state index in [0.717, 1.165) is 25.7 Å². The summed E-state index contributed by atoms with van der Waals surface area (Å²) in [6.45, 7) is 5.87. The number of carbonyl (C=O) groups excluding carboxylic acids is 1. The van der Waals surface area contributed by atoms with Crippen LogP contribution in [0.5, 0.6) is 0 Å². The highest BCUT2D eigenvalue weighted by atomic mass is 16.7. The number of carbonyl (C=O) groups is 1. The van der Waals surface area contributed by atoms with Gasteiger partial charge in [0.1, 0.15) is 6.10 Å². The summed E-state index contributed by atoms with van der Waals surface area (Å²) >= 11 is 0. The molecule has 0 radical (unpaired) electrons. The van der Waals surface area contributed by atoms with E-state index in [1.54, 1.807) is 0 Å². The van der Waals surface area contributed by atoms with Crippen molar-refractivity contribution in [3.8, 4) is 0 Å². The van der Waals surface area contributed by atoms with E-state index in [0.29, 0.717) is 25.6 Å². The Balaban J connectivity index is 2.01. The van der Waals surface area contributed by atoms with Gasteiger partial charge in [-0.3, -0.25) is 0 Å². The molecule has 0 spiro atoms. The molecule has 1 saturated heterocycles. The molecule has 0 unspecified atom stereocenters. The maximum absolute atomic E-state index is 11.8. The van der Waals surface area contributed by atoms with Crippen molar-refractivity contribution in [1.29, 1.82) is 0 Å². The van der Waals surface area contributed by atoms with Crippen LogP contribution in [-0.2, 0) is 23.7 Å². The lowest BCUT2D eigenvalue weighted by Gasteiger charge is -2.12. The van der Waals surface area contributed by atoms with Crippen LogP contribution in [0.1, 0.15) is 39.5 Å². The highest BCUT2D eigenvalue weighted by Gasteiger charge is 2.47. The van der Waals surface area contributed by atoms with Crippen LogP contribution in [-0.4, -0.2) is 38.0 Å². The molecule has 5 heteroatoms. The zero-order valence-corrected chi connectivity index (χ0v) is 11.6. The zero-order chi connectivity index (χ0) is 13.7. The van der Waals surface area contributed by atoms with E-state index in [1.165, 1.54) is 0 Å². The van der Waals surface area contributed by atoms with Crippen molar-refractivity contribution in [2.24, 2.45) is 0 Å². The number of esters is 1. The zero-order valence-electron chi connectivity index (χ0n) is 11.6. The van der Waals surface area contributed by atoms with E-state index in [9.17, 15) is 4.79 Å². The highest BCUT2D eigenvalue weighted by molar-refractivity contribution is 5.89. The summed E-state index contributed by atoms with van der Waals surface area (Å²) in [6, 6.07) is 0. The summed E-state index contributed by atoms with van der Waals surface area (Å²) in [5.74, 6) is 0.338. The fraction of sp³-hybridized carbons (Fsp3) is 0.786. The van der Waals surface area contributed by atoms with Crippen LogP contribution < -0.4 is 0 Å². The predicted octanol–water partition coefficient (Wildman–Crippen LogP) is 2.16. The molecule has 0 N–H and O–H groups in total. The van der Waals surface area contributed by atoms with Gasteiger partial charge in [-0.05, 0) is 12.8 Å². The Hall–Kier alpha value is -1.23. The van der Waals surface area contributed by atoms with E-state index in [1.807, 2.05) is 0 Å². The Labute approximate surface area is 113 Å². The fourth-order valence-corrected chi connectivity index (χ4v) is 1.85. The molecule has 2 heterocycles. The summed E-state index contributed by atoms with van der Waals surface area (Å²) in [7, 11) is 0. The second kappa shape index (κ2) is 6.80. The Kier molecular flexibility index (Phi) is 5.07. The van der Waals surface area contributed by atoms with Gasteiger partial charge in [0.05, 0.1) is 19.8 Å². The van der Waals surface area contributed by atoms with Crippen molar-refractivity contribution < 1.29 is 23.7 Å². The lowest BCUT2D eigenvalue weighted by Crippen LogP contribution is -2.20. The van der Waals surface area contributed by atoms with Crippen LogP contribution in [0.4, 0.5) is 0 Å². The molecule has 2 atom stereocenters. The van der Waals surface area contributed by atoms with Crippen molar-refractivity contribution in [2.45, 2.75) is 51.7 Å². The number of ether oxygens (including phenoxy) is 4. The third kappa shape index (κ3) is 3.62. The molecule has 2 aliphatic heterocycles. The van der Waals surface area contributed by atoms with Gasteiger partial charge in [0, 0.05) is 0 Å². The van der Waals surface area contributed by atoms with Crippen LogP contribution in [0.15, 0.2) is 11.5 Å². The van der Waals surface area contributed by atoms with Crippen LogP contribution >= 0.6 is 0 Å². The first kappa shape index (κ1) is 14.2. The lowest BCUT2D eigenvalue weighted by atomic mass is 10.2. The molecule has 5 nitrogen and oxygen atoms in total. The summed E-state index contributed by atoms with van der Waals surface area (Å²) < 4.78 is 21.7. The van der Waals surface area contributed by atoms with Crippen LogP contribution in [0.2, 0.25) is 0 Å². The average Bonchev–Trinajstić information content (AvgIpc) is 3.19. The second-order valence-electron chi connectivity index (χ2n) is 4.80. The Morgan fingerprint density at radius 1 is 1.16 bits per heavy atom. The van der Waals surface area contributed by atoms with E-state index in [-0.39, 0.29) is 11.9 Å². The number of epoxide rings is 1. The average molecular weight is 270 g/mol. The van der Waals surface area contributed by atoms with Crippen molar-refractivity contribution in [1.82, 2.24) is 0 Å². The van der Waals surface area contributed by atoms with Gasteiger partial charge in [0.25, 0.3) is 0 Å². The molecule has 0 bridgehead atoms. The van der Waals surface area contributed by atoms with Crippen molar-refractivity contribution in [2.75, 3.05) is 19.8 Å². The minimum atomic E-state index is -0.428. The first-order chi connectivity index (χ1) is 9.27. The van der Waals surface area contributed by atoms with Crippen LogP contribution in [0, 0.1) is 0 Å². The smallest absolute Gasteiger partial charge is 0.378 e. The minimum Gasteiger partial charge on any atom is -0.490 e. The molecule has 0 aromatic heterocycles. The number of hydrogen-bond acceptors (Lipinski definition) is 5. The van der Waals surface area contributed by atoms with Gasteiger partial charge in [-0.1, -0.05) is 26.7 Å². The Bertz CT molecular complexity index is 346. The van der Waals surface area contributed by atoms with Crippen LogP contribution in [0.3, 0.4) is 0 Å². The van der Waals surface area contributed by atoms with Crippen LogP contribution in [0.25, 0.3) is 0 Å². The van der Waals surface area contributed by atoms with Gasteiger partial charge >= 0.3 is 5.97 Å². The number of cyclic esters (lactones) is 1. The molecule has 0 aromatic rings. The molecule has 0 saturated carbocycles. The first-order valence-corrected chi connectivity index (χ1v) is 7.10. The summed E-state index contributed by atoms with van der Waals surface area (Å²) in [5.41, 5.74) is 0. The Morgan fingerprint density at radius 3 is 2.37 bits per heavy atom. The molecule has 108 valence electrons. The molecule has 0 aliphatic carbocycles. The largest absolute Gasteiger partial charge is 0.490 e. The molecule has 2 rings (SSSR count). The van der Waals surface area contributed by atoms with Gasteiger partial charge in [-0.25, -0.2) is 4.79 Å². The third-order valence-corrected chi connectivity index (χ3v) is 3.10. The van der Waals surface area contributed by atoms with Crippen molar-refractivity contribution >= 4 is 5.97 Å². The summed E-state index contributed by atoms with van der Waals surface area (Å²) in [6.07, 6.45) is 3.43. The molecule has 1 fully saturated rings. The number of hydrogen-bond donors (Lipinski definition) is 0. The third-order valence-electron chi connectivity index (χ3n) is 3.10. The van der Waals surface area contributed by atoms with E-state index < -0.39 is 12.1 Å². The normalized spacial score (nSPS) is 25.5. The quantitative estimate of drug-likeness (QED) is 0.365. The standard InChI is InChI=1S/C14H22O5/c1-3-5-7-16-12-11(10-9-18-10)19-14(15)13(12)17-8-6-4-2/h10-11H,3-9H2,1-2H3/t10-,11+/m0/s1. The number of unbranched alkanes of at least 4 members (excludes halogenated alkanes) is 2. The lowest BCUT2D eigenvalue weighted by molar-refractivity contribution is -0.144. The van der Waals surface area contributed by atoms with E-state index in [2.05, 4.69) is 13.8 Å². The SMILES string of the molecule is CCCCOC1=C(OCCCC)[C@@H]([C@@H]2CO2)OC1=O. The second-order valence-corrected chi connectivity index (χ2v) is 4.80. The summed E-state index contributed by atoms with van der Waals surface area (Å²) in [5, 5.41) is 0. The van der Waals surface area contributed by atoms with Crippen molar-refractivity contribution in [3.05, 3.63) is 11.5 Å². The topological polar surface area (TPSA) is 57.3 Å². The van der Waals surface area contributed by atoms with E-state index in [4.69, 9.17) is 18.9 Å². The molecule has 0 aromatic carbocycles. The molecule has 2 aliphatic rings. The van der Waals surface area contributed by atoms with Gasteiger partial charge < -0.3 is 18.9 Å². The van der Waals surface area contributed by atoms with Gasteiger partial charge in [0.15, 0.2) is 11.9 Å². The monoisotopic (exact) mass is 270 g/mol.